The summed E-state index contributed by atoms with van der Waals surface area (Å²) >= 11 is 0. The Morgan fingerprint density at radius 3 is 2.21 bits per heavy atom. The standard InChI is InChI=1S/C24H23N3O2/c1-17-23(15-26)24(21-8-4-19(14-25)5-9-21)18(2)27(17)16-20-6-10-22(11-7-20)29-13-3-12-28/h4-11,28H,3,12-13,16H2,1-2H3. The molecule has 0 bridgehead atoms. The number of nitrogens with zero attached hydrogens (tertiary/aromatic N) is 3. The first kappa shape index (κ1) is 20.2. The largest absolute Gasteiger partial charge is 0.494 e. The molecule has 0 fully saturated rings. The number of aliphatic hydroxyl groups is 1. The third-order valence-corrected chi connectivity index (χ3v) is 5.03. The number of ether oxygens (including phenoxy) is 1. The summed E-state index contributed by atoms with van der Waals surface area (Å²) in [5.74, 6) is 0.777. The highest BCUT2D eigenvalue weighted by Crippen LogP contribution is 2.32. The lowest BCUT2D eigenvalue weighted by atomic mass is 10.0. The minimum atomic E-state index is 0.118. The second kappa shape index (κ2) is 9.10. The van der Waals surface area contributed by atoms with E-state index in [1.54, 1.807) is 12.1 Å². The maximum absolute atomic E-state index is 9.75. The molecule has 2 aromatic carbocycles. The van der Waals surface area contributed by atoms with Crippen molar-refractivity contribution in [2.24, 2.45) is 0 Å². The number of hydrogen-bond donors (Lipinski definition) is 1. The minimum absolute atomic E-state index is 0.118. The van der Waals surface area contributed by atoms with Gasteiger partial charge in [-0.25, -0.2) is 0 Å². The van der Waals surface area contributed by atoms with Crippen molar-refractivity contribution in [3.8, 4) is 29.0 Å². The second-order valence-corrected chi connectivity index (χ2v) is 6.88. The van der Waals surface area contributed by atoms with Gasteiger partial charge in [-0.1, -0.05) is 24.3 Å². The van der Waals surface area contributed by atoms with E-state index in [2.05, 4.69) is 16.7 Å². The summed E-state index contributed by atoms with van der Waals surface area (Å²) < 4.78 is 7.73. The lowest BCUT2D eigenvalue weighted by molar-refractivity contribution is 0.233. The van der Waals surface area contributed by atoms with E-state index >= 15 is 0 Å². The van der Waals surface area contributed by atoms with Crippen LogP contribution in [0.2, 0.25) is 0 Å². The third kappa shape index (κ3) is 4.32. The van der Waals surface area contributed by atoms with Crippen LogP contribution >= 0.6 is 0 Å². The average molecular weight is 385 g/mol. The Kier molecular flexibility index (Phi) is 6.34. The lowest BCUT2D eigenvalue weighted by Gasteiger charge is -2.11. The molecular formula is C24H23N3O2. The van der Waals surface area contributed by atoms with Gasteiger partial charge in [-0.3, -0.25) is 0 Å². The van der Waals surface area contributed by atoms with Gasteiger partial charge in [0.05, 0.1) is 23.8 Å². The van der Waals surface area contributed by atoms with E-state index < -0.39 is 0 Å². The summed E-state index contributed by atoms with van der Waals surface area (Å²) in [4.78, 5) is 0. The zero-order chi connectivity index (χ0) is 20.8. The molecule has 3 aromatic rings. The zero-order valence-electron chi connectivity index (χ0n) is 16.6. The molecule has 0 aliphatic heterocycles. The predicted molar refractivity (Wildman–Crippen MR) is 112 cm³/mol. The first-order valence-corrected chi connectivity index (χ1v) is 9.52. The van der Waals surface area contributed by atoms with Gasteiger partial charge in [-0.2, -0.15) is 10.5 Å². The van der Waals surface area contributed by atoms with Crippen LogP contribution in [0.25, 0.3) is 11.1 Å². The molecule has 0 spiro atoms. The molecule has 29 heavy (non-hydrogen) atoms. The van der Waals surface area contributed by atoms with Crippen molar-refractivity contribution in [2.75, 3.05) is 13.2 Å². The number of aromatic nitrogens is 1. The van der Waals surface area contributed by atoms with Crippen LogP contribution in [-0.4, -0.2) is 22.9 Å². The quantitative estimate of drug-likeness (QED) is 0.614. The summed E-state index contributed by atoms with van der Waals surface area (Å²) in [6, 6.07) is 19.7. The number of rotatable bonds is 7. The SMILES string of the molecule is Cc1c(C#N)c(-c2ccc(C#N)cc2)c(C)n1Cc1ccc(OCCCO)cc1. The first-order chi connectivity index (χ1) is 14.1. The van der Waals surface area contributed by atoms with Gasteiger partial charge in [0.1, 0.15) is 11.8 Å². The van der Waals surface area contributed by atoms with Gasteiger partial charge < -0.3 is 14.4 Å². The fourth-order valence-corrected chi connectivity index (χ4v) is 3.45. The first-order valence-electron chi connectivity index (χ1n) is 9.52. The van der Waals surface area contributed by atoms with E-state index in [1.165, 1.54) is 0 Å². The number of nitriles is 2. The van der Waals surface area contributed by atoms with Crippen molar-refractivity contribution in [3.05, 3.63) is 76.6 Å². The Hall–Kier alpha value is -3.54. The van der Waals surface area contributed by atoms with Crippen molar-refractivity contribution in [3.63, 3.8) is 0 Å². The van der Waals surface area contributed by atoms with Gasteiger partial charge in [-0.15, -0.1) is 0 Å². The Balaban J connectivity index is 1.89. The third-order valence-electron chi connectivity index (χ3n) is 5.03. The van der Waals surface area contributed by atoms with E-state index in [0.717, 1.165) is 33.8 Å². The van der Waals surface area contributed by atoms with Crippen LogP contribution in [0.5, 0.6) is 5.75 Å². The highest BCUT2D eigenvalue weighted by Gasteiger charge is 2.19. The van der Waals surface area contributed by atoms with E-state index in [9.17, 15) is 5.26 Å². The van der Waals surface area contributed by atoms with Gasteiger partial charge in [0.25, 0.3) is 0 Å². The van der Waals surface area contributed by atoms with Crippen molar-refractivity contribution >= 4 is 0 Å². The van der Waals surface area contributed by atoms with Crippen LogP contribution in [0.15, 0.2) is 48.5 Å². The molecule has 0 radical (unpaired) electrons. The monoisotopic (exact) mass is 385 g/mol. The molecule has 1 heterocycles. The molecule has 0 amide bonds. The Morgan fingerprint density at radius 1 is 0.931 bits per heavy atom. The Bertz CT molecular complexity index is 1070. The molecule has 0 atom stereocenters. The van der Waals surface area contributed by atoms with Gasteiger partial charge >= 0.3 is 0 Å². The fourth-order valence-electron chi connectivity index (χ4n) is 3.45. The maximum atomic E-state index is 9.75. The molecule has 0 aliphatic carbocycles. The van der Waals surface area contributed by atoms with E-state index in [-0.39, 0.29) is 6.61 Å². The molecule has 1 N–H and O–H groups in total. The molecule has 0 aliphatic rings. The normalized spacial score (nSPS) is 10.4. The zero-order valence-corrected chi connectivity index (χ0v) is 16.6. The summed E-state index contributed by atoms with van der Waals surface area (Å²) in [5.41, 5.74) is 6.17. The van der Waals surface area contributed by atoms with Gasteiger partial charge in [0.2, 0.25) is 0 Å². The van der Waals surface area contributed by atoms with E-state index in [0.29, 0.717) is 30.7 Å². The van der Waals surface area contributed by atoms with Crippen LogP contribution in [0.3, 0.4) is 0 Å². The minimum Gasteiger partial charge on any atom is -0.494 e. The highest BCUT2D eigenvalue weighted by atomic mass is 16.5. The van der Waals surface area contributed by atoms with Gasteiger partial charge in [-0.05, 0) is 49.2 Å². The van der Waals surface area contributed by atoms with Crippen molar-refractivity contribution in [2.45, 2.75) is 26.8 Å². The molecule has 1 aromatic heterocycles. The number of aliphatic hydroxyl groups excluding tert-OH is 1. The summed E-state index contributed by atoms with van der Waals surface area (Å²) in [6.07, 6.45) is 0.610. The average Bonchev–Trinajstić information content (AvgIpc) is 2.99. The van der Waals surface area contributed by atoms with Crippen LogP contribution in [0.4, 0.5) is 0 Å². The van der Waals surface area contributed by atoms with Crippen molar-refractivity contribution in [1.29, 1.82) is 10.5 Å². The molecule has 0 unspecified atom stereocenters. The number of benzene rings is 2. The van der Waals surface area contributed by atoms with Crippen LogP contribution in [0, 0.1) is 36.5 Å². The molecule has 146 valence electrons. The summed E-state index contributed by atoms with van der Waals surface area (Å²) in [6.45, 7) is 5.25. The molecule has 5 heteroatoms. The Labute approximate surface area is 171 Å². The van der Waals surface area contributed by atoms with E-state index in [4.69, 9.17) is 15.1 Å². The molecule has 0 saturated heterocycles. The van der Waals surface area contributed by atoms with Crippen molar-refractivity contribution in [1.82, 2.24) is 4.57 Å². The second-order valence-electron chi connectivity index (χ2n) is 6.88. The molecular weight excluding hydrogens is 362 g/mol. The molecule has 5 nitrogen and oxygen atoms in total. The van der Waals surface area contributed by atoms with Crippen LogP contribution in [-0.2, 0) is 6.54 Å². The molecule has 3 rings (SSSR count). The predicted octanol–water partition coefficient (Wildman–Crippen LogP) is 4.32. The number of hydrogen-bond acceptors (Lipinski definition) is 4. The summed E-state index contributed by atoms with van der Waals surface area (Å²) in [5, 5.41) is 27.6. The smallest absolute Gasteiger partial charge is 0.119 e. The highest BCUT2D eigenvalue weighted by molar-refractivity contribution is 5.75. The topological polar surface area (TPSA) is 82.0 Å². The molecule has 0 saturated carbocycles. The van der Waals surface area contributed by atoms with Crippen LogP contribution in [0.1, 0.15) is 34.5 Å². The van der Waals surface area contributed by atoms with E-state index in [1.807, 2.05) is 50.2 Å². The maximum Gasteiger partial charge on any atom is 0.119 e. The Morgan fingerprint density at radius 2 is 1.62 bits per heavy atom. The van der Waals surface area contributed by atoms with Gasteiger partial charge in [0, 0.05) is 36.5 Å². The summed E-state index contributed by atoms with van der Waals surface area (Å²) in [7, 11) is 0. The van der Waals surface area contributed by atoms with Crippen LogP contribution < -0.4 is 4.74 Å². The lowest BCUT2D eigenvalue weighted by Crippen LogP contribution is -2.04. The van der Waals surface area contributed by atoms with Crippen molar-refractivity contribution < 1.29 is 9.84 Å². The van der Waals surface area contributed by atoms with Gasteiger partial charge in [0.15, 0.2) is 0 Å². The fraction of sp³-hybridized carbons (Fsp3) is 0.250.